The standard InChI is InChI=1S/C18H26N2O4/c1-18(2,11-20-17(21)15-6-4-13(10-19)24-15)12-3-5-14-16(9-12)23-8-7-22-14/h3,5,9,13,15H,4,6-8,10-11,19H2,1-2H3,(H,20,21)/t13-,15+/m1/s1. The van der Waals surface area contributed by atoms with E-state index < -0.39 is 0 Å². The molecule has 2 heterocycles. The minimum absolute atomic E-state index is 0.00607. The highest BCUT2D eigenvalue weighted by atomic mass is 16.6. The SMILES string of the molecule is CC(C)(CNC(=O)[C@@H]1CC[C@H](CN)O1)c1ccc2c(c1)OCCO2. The van der Waals surface area contributed by atoms with Crippen LogP contribution in [0.4, 0.5) is 0 Å². The van der Waals surface area contributed by atoms with Crippen molar-refractivity contribution in [3.05, 3.63) is 23.8 Å². The van der Waals surface area contributed by atoms with Crippen molar-refractivity contribution in [2.24, 2.45) is 5.73 Å². The maximum atomic E-state index is 12.3. The Morgan fingerprint density at radius 3 is 2.71 bits per heavy atom. The summed E-state index contributed by atoms with van der Waals surface area (Å²) < 4.78 is 16.8. The predicted octanol–water partition coefficient (Wildman–Crippen LogP) is 1.36. The van der Waals surface area contributed by atoms with Crippen LogP contribution in [0.1, 0.15) is 32.3 Å². The van der Waals surface area contributed by atoms with Crippen molar-refractivity contribution in [1.29, 1.82) is 0 Å². The summed E-state index contributed by atoms with van der Waals surface area (Å²) in [6.07, 6.45) is 1.21. The third-order valence-corrected chi connectivity index (χ3v) is 4.69. The molecule has 2 atom stereocenters. The van der Waals surface area contributed by atoms with Crippen molar-refractivity contribution in [3.63, 3.8) is 0 Å². The second kappa shape index (κ2) is 6.99. The average molecular weight is 334 g/mol. The van der Waals surface area contributed by atoms with Crippen molar-refractivity contribution >= 4 is 5.91 Å². The highest BCUT2D eigenvalue weighted by Gasteiger charge is 2.31. The lowest BCUT2D eigenvalue weighted by Gasteiger charge is -2.28. The summed E-state index contributed by atoms with van der Waals surface area (Å²) in [4.78, 5) is 12.3. The molecule has 0 saturated carbocycles. The van der Waals surface area contributed by atoms with Gasteiger partial charge in [0, 0.05) is 18.5 Å². The van der Waals surface area contributed by atoms with Gasteiger partial charge in [-0.2, -0.15) is 0 Å². The van der Waals surface area contributed by atoms with Crippen LogP contribution in [-0.4, -0.2) is 44.4 Å². The zero-order valence-corrected chi connectivity index (χ0v) is 14.3. The fourth-order valence-electron chi connectivity index (χ4n) is 3.06. The van der Waals surface area contributed by atoms with E-state index in [9.17, 15) is 4.79 Å². The maximum absolute atomic E-state index is 12.3. The zero-order valence-electron chi connectivity index (χ0n) is 14.3. The first-order valence-corrected chi connectivity index (χ1v) is 8.53. The summed E-state index contributed by atoms with van der Waals surface area (Å²) in [6, 6.07) is 5.95. The molecule has 6 nitrogen and oxygen atoms in total. The number of amides is 1. The molecule has 0 aliphatic carbocycles. The topological polar surface area (TPSA) is 82.8 Å². The zero-order chi connectivity index (χ0) is 17.2. The van der Waals surface area contributed by atoms with E-state index in [0.29, 0.717) is 26.3 Å². The van der Waals surface area contributed by atoms with Crippen LogP contribution in [0.2, 0.25) is 0 Å². The lowest BCUT2D eigenvalue weighted by molar-refractivity contribution is -0.132. The quantitative estimate of drug-likeness (QED) is 0.849. The first kappa shape index (κ1) is 17.0. The molecule has 1 aromatic carbocycles. The molecular weight excluding hydrogens is 308 g/mol. The van der Waals surface area contributed by atoms with E-state index in [2.05, 4.69) is 19.2 Å². The number of benzene rings is 1. The van der Waals surface area contributed by atoms with Gasteiger partial charge in [0.2, 0.25) is 5.91 Å². The van der Waals surface area contributed by atoms with E-state index in [1.54, 1.807) is 0 Å². The van der Waals surface area contributed by atoms with Crippen LogP contribution in [0, 0.1) is 0 Å². The number of carbonyl (C=O) groups excluding carboxylic acids is 1. The summed E-state index contributed by atoms with van der Waals surface area (Å²) in [5.74, 6) is 1.48. The van der Waals surface area contributed by atoms with Crippen LogP contribution in [0.5, 0.6) is 11.5 Å². The van der Waals surface area contributed by atoms with Crippen molar-refractivity contribution in [3.8, 4) is 11.5 Å². The number of hydrogen-bond acceptors (Lipinski definition) is 5. The molecule has 0 radical (unpaired) electrons. The molecule has 1 saturated heterocycles. The van der Waals surface area contributed by atoms with Crippen molar-refractivity contribution < 1.29 is 19.0 Å². The van der Waals surface area contributed by atoms with Gasteiger partial charge in [0.05, 0.1) is 6.10 Å². The molecule has 0 bridgehead atoms. The second-order valence-electron chi connectivity index (χ2n) is 7.02. The molecule has 3 N–H and O–H groups in total. The highest BCUT2D eigenvalue weighted by Crippen LogP contribution is 2.35. The Balaban J connectivity index is 1.60. The summed E-state index contributed by atoms with van der Waals surface area (Å²) in [5, 5.41) is 3.01. The highest BCUT2D eigenvalue weighted by molar-refractivity contribution is 5.81. The average Bonchev–Trinajstić information content (AvgIpc) is 3.08. The third kappa shape index (κ3) is 3.65. The molecule has 1 aromatic rings. The van der Waals surface area contributed by atoms with Crippen LogP contribution >= 0.6 is 0 Å². The molecule has 0 spiro atoms. The van der Waals surface area contributed by atoms with Gasteiger partial charge in [-0.05, 0) is 30.5 Å². The van der Waals surface area contributed by atoms with Gasteiger partial charge in [0.25, 0.3) is 0 Å². The largest absolute Gasteiger partial charge is 0.486 e. The third-order valence-electron chi connectivity index (χ3n) is 4.69. The van der Waals surface area contributed by atoms with Gasteiger partial charge < -0.3 is 25.3 Å². The Bertz CT molecular complexity index is 603. The first-order valence-electron chi connectivity index (χ1n) is 8.53. The van der Waals surface area contributed by atoms with Gasteiger partial charge in [-0.1, -0.05) is 19.9 Å². The Kier molecular flexibility index (Phi) is 4.96. The molecule has 2 aliphatic rings. The summed E-state index contributed by atoms with van der Waals surface area (Å²) in [6.45, 7) is 6.32. The monoisotopic (exact) mass is 334 g/mol. The van der Waals surface area contributed by atoms with Crippen LogP contribution in [0.3, 0.4) is 0 Å². The van der Waals surface area contributed by atoms with Crippen LogP contribution in [0.15, 0.2) is 18.2 Å². The molecule has 6 heteroatoms. The normalized spacial score (nSPS) is 23.1. The minimum Gasteiger partial charge on any atom is -0.486 e. The molecule has 0 unspecified atom stereocenters. The van der Waals surface area contributed by atoms with Crippen molar-refractivity contribution in [2.75, 3.05) is 26.3 Å². The lowest BCUT2D eigenvalue weighted by Crippen LogP contribution is -2.42. The van der Waals surface area contributed by atoms with Crippen LogP contribution in [-0.2, 0) is 14.9 Å². The van der Waals surface area contributed by atoms with Gasteiger partial charge in [0.15, 0.2) is 11.5 Å². The minimum atomic E-state index is -0.380. The molecular formula is C18H26N2O4. The van der Waals surface area contributed by atoms with Crippen LogP contribution < -0.4 is 20.5 Å². The van der Waals surface area contributed by atoms with Gasteiger partial charge in [0.1, 0.15) is 19.3 Å². The number of rotatable bonds is 5. The second-order valence-corrected chi connectivity index (χ2v) is 7.02. The van der Waals surface area contributed by atoms with E-state index in [4.69, 9.17) is 19.9 Å². The van der Waals surface area contributed by atoms with E-state index in [1.165, 1.54) is 0 Å². The number of carbonyl (C=O) groups is 1. The van der Waals surface area contributed by atoms with E-state index in [-0.39, 0.29) is 23.5 Å². The number of nitrogens with two attached hydrogens (primary N) is 1. The summed E-state index contributed by atoms with van der Waals surface area (Å²) in [7, 11) is 0. The van der Waals surface area contributed by atoms with E-state index in [0.717, 1.165) is 29.9 Å². The smallest absolute Gasteiger partial charge is 0.249 e. The molecule has 1 amide bonds. The predicted molar refractivity (Wildman–Crippen MR) is 90.4 cm³/mol. The number of hydrogen-bond donors (Lipinski definition) is 2. The number of fused-ring (bicyclic) bond motifs is 1. The van der Waals surface area contributed by atoms with Crippen LogP contribution in [0.25, 0.3) is 0 Å². The van der Waals surface area contributed by atoms with Gasteiger partial charge in [-0.25, -0.2) is 0 Å². The maximum Gasteiger partial charge on any atom is 0.249 e. The molecule has 0 aromatic heterocycles. The molecule has 24 heavy (non-hydrogen) atoms. The molecule has 1 fully saturated rings. The summed E-state index contributed by atoms with van der Waals surface area (Å²) >= 11 is 0. The summed E-state index contributed by atoms with van der Waals surface area (Å²) in [5.41, 5.74) is 6.46. The van der Waals surface area contributed by atoms with Gasteiger partial charge >= 0.3 is 0 Å². The lowest BCUT2D eigenvalue weighted by atomic mass is 9.84. The molecule has 3 rings (SSSR count). The van der Waals surface area contributed by atoms with E-state index in [1.807, 2.05) is 18.2 Å². The molecule has 132 valence electrons. The Morgan fingerprint density at radius 2 is 2.00 bits per heavy atom. The Hall–Kier alpha value is -1.79. The fraction of sp³-hybridized carbons (Fsp3) is 0.611. The van der Waals surface area contributed by atoms with Crippen molar-refractivity contribution in [1.82, 2.24) is 5.32 Å². The first-order chi connectivity index (χ1) is 11.5. The van der Waals surface area contributed by atoms with E-state index >= 15 is 0 Å². The molecule has 2 aliphatic heterocycles. The Labute approximate surface area is 142 Å². The Morgan fingerprint density at radius 1 is 1.25 bits per heavy atom. The van der Waals surface area contributed by atoms with Gasteiger partial charge in [-0.3, -0.25) is 4.79 Å². The number of ether oxygens (including phenoxy) is 3. The number of nitrogens with one attached hydrogen (secondary N) is 1. The van der Waals surface area contributed by atoms with Crippen molar-refractivity contribution in [2.45, 2.75) is 44.3 Å². The fourth-order valence-corrected chi connectivity index (χ4v) is 3.06. The van der Waals surface area contributed by atoms with Gasteiger partial charge in [-0.15, -0.1) is 0 Å².